The lowest BCUT2D eigenvalue weighted by molar-refractivity contribution is 0.0937. The lowest BCUT2D eigenvalue weighted by Crippen LogP contribution is -2.44. The Morgan fingerprint density at radius 2 is 2.53 bits per heavy atom. The number of aromatic nitrogens is 2. The molecule has 1 aromatic heterocycles. The van der Waals surface area contributed by atoms with E-state index in [1.54, 1.807) is 0 Å². The van der Waals surface area contributed by atoms with Gasteiger partial charge in [-0.2, -0.15) is 5.10 Å². The predicted molar refractivity (Wildman–Crippen MR) is 58.5 cm³/mol. The van der Waals surface area contributed by atoms with Crippen molar-refractivity contribution in [3.8, 4) is 0 Å². The Labute approximate surface area is 90.3 Å². The largest absolute Gasteiger partial charge is 0.396 e. The van der Waals surface area contributed by atoms with Crippen molar-refractivity contribution in [3.05, 3.63) is 18.0 Å². The number of hydrogen-bond acceptors (Lipinski definition) is 3. The third kappa shape index (κ3) is 2.38. The topological polar surface area (TPSA) is 50.1 Å². The summed E-state index contributed by atoms with van der Waals surface area (Å²) in [7, 11) is 1.92. The molecule has 1 atom stereocenters. The molecule has 0 bridgehead atoms. The third-order valence-electron chi connectivity index (χ3n) is 3.22. The van der Waals surface area contributed by atoms with Crippen LogP contribution in [-0.4, -0.2) is 34.6 Å². The molecular weight excluding hydrogens is 190 g/mol. The van der Waals surface area contributed by atoms with Gasteiger partial charge in [0.05, 0.1) is 12.3 Å². The summed E-state index contributed by atoms with van der Waals surface area (Å²) < 4.78 is 1.82. The molecule has 2 heterocycles. The second kappa shape index (κ2) is 4.33. The lowest BCUT2D eigenvalue weighted by atomic mass is 9.78. The normalized spacial score (nSPS) is 26.8. The molecule has 84 valence electrons. The average Bonchev–Trinajstić information content (AvgIpc) is 2.65. The molecule has 0 saturated carbocycles. The second-order valence-electron chi connectivity index (χ2n) is 4.60. The second-order valence-corrected chi connectivity index (χ2v) is 4.60. The summed E-state index contributed by atoms with van der Waals surface area (Å²) in [6.45, 7) is 2.22. The molecule has 1 aliphatic heterocycles. The van der Waals surface area contributed by atoms with Crippen molar-refractivity contribution in [2.24, 2.45) is 12.5 Å². The summed E-state index contributed by atoms with van der Waals surface area (Å²) in [5.74, 6) is 0. The molecule has 1 unspecified atom stereocenters. The van der Waals surface area contributed by atoms with Gasteiger partial charge in [-0.1, -0.05) is 0 Å². The Kier molecular flexibility index (Phi) is 3.07. The number of rotatable bonds is 3. The van der Waals surface area contributed by atoms with Gasteiger partial charge in [0.25, 0.3) is 0 Å². The first-order valence-corrected chi connectivity index (χ1v) is 5.54. The van der Waals surface area contributed by atoms with E-state index in [0.29, 0.717) is 0 Å². The van der Waals surface area contributed by atoms with E-state index >= 15 is 0 Å². The van der Waals surface area contributed by atoms with Crippen LogP contribution in [0.2, 0.25) is 0 Å². The van der Waals surface area contributed by atoms with Crippen molar-refractivity contribution in [2.75, 3.05) is 19.7 Å². The van der Waals surface area contributed by atoms with Crippen molar-refractivity contribution in [3.63, 3.8) is 0 Å². The summed E-state index contributed by atoms with van der Waals surface area (Å²) in [4.78, 5) is 0. The third-order valence-corrected chi connectivity index (χ3v) is 3.22. The highest BCUT2D eigenvalue weighted by Gasteiger charge is 2.32. The minimum absolute atomic E-state index is 0.00655. The lowest BCUT2D eigenvalue weighted by Gasteiger charge is -2.35. The summed E-state index contributed by atoms with van der Waals surface area (Å²) in [5.41, 5.74) is 1.09. The molecule has 0 aliphatic carbocycles. The van der Waals surface area contributed by atoms with Gasteiger partial charge in [0.2, 0.25) is 0 Å². The van der Waals surface area contributed by atoms with Gasteiger partial charge in [-0.05, 0) is 25.5 Å². The smallest absolute Gasteiger partial charge is 0.0631 e. The van der Waals surface area contributed by atoms with E-state index in [9.17, 15) is 5.11 Å². The molecule has 1 saturated heterocycles. The number of aryl methyl sites for hydroxylation is 1. The van der Waals surface area contributed by atoms with Crippen LogP contribution in [0.3, 0.4) is 0 Å². The van der Waals surface area contributed by atoms with Crippen LogP contribution in [0, 0.1) is 5.41 Å². The number of nitrogens with one attached hydrogen (secondary N) is 1. The maximum Gasteiger partial charge on any atom is 0.0631 e. The van der Waals surface area contributed by atoms with Crippen LogP contribution in [0.25, 0.3) is 0 Å². The molecule has 15 heavy (non-hydrogen) atoms. The molecule has 2 N–H and O–H groups in total. The van der Waals surface area contributed by atoms with Gasteiger partial charge >= 0.3 is 0 Å². The van der Waals surface area contributed by atoms with E-state index in [-0.39, 0.29) is 12.0 Å². The van der Waals surface area contributed by atoms with Gasteiger partial charge in [-0.15, -0.1) is 0 Å². The maximum atomic E-state index is 9.54. The molecule has 1 aromatic rings. The van der Waals surface area contributed by atoms with Crippen molar-refractivity contribution in [2.45, 2.75) is 19.3 Å². The molecule has 0 spiro atoms. The van der Waals surface area contributed by atoms with Gasteiger partial charge < -0.3 is 10.4 Å². The SMILES string of the molecule is Cn1ccc(CC2(CO)CCCNC2)n1. The number of aliphatic hydroxyl groups is 1. The monoisotopic (exact) mass is 209 g/mol. The van der Waals surface area contributed by atoms with Gasteiger partial charge in [-0.3, -0.25) is 4.68 Å². The van der Waals surface area contributed by atoms with Crippen LogP contribution in [0.1, 0.15) is 18.5 Å². The fraction of sp³-hybridized carbons (Fsp3) is 0.727. The first kappa shape index (κ1) is 10.6. The van der Waals surface area contributed by atoms with E-state index in [4.69, 9.17) is 0 Å². The Balaban J connectivity index is 2.06. The Hall–Kier alpha value is -0.870. The Morgan fingerprint density at radius 3 is 3.07 bits per heavy atom. The fourth-order valence-corrected chi connectivity index (χ4v) is 2.31. The number of nitrogens with zero attached hydrogens (tertiary/aromatic N) is 2. The van der Waals surface area contributed by atoms with Crippen LogP contribution in [0.15, 0.2) is 12.3 Å². The summed E-state index contributed by atoms with van der Waals surface area (Å²) in [6.07, 6.45) is 5.06. The van der Waals surface area contributed by atoms with Crippen LogP contribution in [0.4, 0.5) is 0 Å². The van der Waals surface area contributed by atoms with E-state index in [0.717, 1.165) is 38.0 Å². The molecule has 2 rings (SSSR count). The number of hydrogen-bond donors (Lipinski definition) is 2. The minimum atomic E-state index is 0.00655. The highest BCUT2D eigenvalue weighted by atomic mass is 16.3. The van der Waals surface area contributed by atoms with Crippen LogP contribution in [0.5, 0.6) is 0 Å². The molecule has 0 aromatic carbocycles. The zero-order valence-electron chi connectivity index (χ0n) is 9.24. The molecule has 4 heteroatoms. The standard InChI is InChI=1S/C11H19N3O/c1-14-6-3-10(13-14)7-11(9-15)4-2-5-12-8-11/h3,6,12,15H,2,4-5,7-9H2,1H3. The van der Waals surface area contributed by atoms with E-state index in [2.05, 4.69) is 10.4 Å². The highest BCUT2D eigenvalue weighted by molar-refractivity contribution is 5.04. The van der Waals surface area contributed by atoms with Gasteiger partial charge in [0, 0.05) is 31.6 Å². The molecular formula is C11H19N3O. The zero-order chi connectivity index (χ0) is 10.7. The Morgan fingerprint density at radius 1 is 1.67 bits per heavy atom. The predicted octanol–water partition coefficient (Wildman–Crippen LogP) is 0.325. The highest BCUT2D eigenvalue weighted by Crippen LogP contribution is 2.29. The summed E-state index contributed by atoms with van der Waals surface area (Å²) in [6, 6.07) is 2.03. The van der Waals surface area contributed by atoms with Crippen LogP contribution < -0.4 is 5.32 Å². The molecule has 4 nitrogen and oxygen atoms in total. The number of piperidine rings is 1. The van der Waals surface area contributed by atoms with Crippen molar-refractivity contribution in [1.29, 1.82) is 0 Å². The van der Waals surface area contributed by atoms with E-state index < -0.39 is 0 Å². The first-order valence-electron chi connectivity index (χ1n) is 5.54. The van der Waals surface area contributed by atoms with E-state index in [1.165, 1.54) is 0 Å². The maximum absolute atomic E-state index is 9.54. The minimum Gasteiger partial charge on any atom is -0.396 e. The van der Waals surface area contributed by atoms with Gasteiger partial charge in [0.15, 0.2) is 0 Å². The van der Waals surface area contributed by atoms with Crippen LogP contribution in [-0.2, 0) is 13.5 Å². The molecule has 0 amide bonds. The summed E-state index contributed by atoms with van der Waals surface area (Å²) >= 11 is 0. The van der Waals surface area contributed by atoms with E-state index in [1.807, 2.05) is 24.0 Å². The van der Waals surface area contributed by atoms with Gasteiger partial charge in [0.1, 0.15) is 0 Å². The zero-order valence-corrected chi connectivity index (χ0v) is 9.24. The molecule has 1 fully saturated rings. The quantitative estimate of drug-likeness (QED) is 0.754. The van der Waals surface area contributed by atoms with Crippen molar-refractivity contribution >= 4 is 0 Å². The van der Waals surface area contributed by atoms with Gasteiger partial charge in [-0.25, -0.2) is 0 Å². The molecule has 0 radical (unpaired) electrons. The Bertz CT molecular complexity index is 315. The van der Waals surface area contributed by atoms with Crippen LogP contribution >= 0.6 is 0 Å². The summed E-state index contributed by atoms with van der Waals surface area (Å²) in [5, 5.41) is 17.3. The average molecular weight is 209 g/mol. The first-order chi connectivity index (χ1) is 7.24. The fourth-order valence-electron chi connectivity index (χ4n) is 2.31. The number of aliphatic hydroxyl groups excluding tert-OH is 1. The van der Waals surface area contributed by atoms with Crippen molar-refractivity contribution < 1.29 is 5.11 Å². The van der Waals surface area contributed by atoms with Crippen molar-refractivity contribution in [1.82, 2.24) is 15.1 Å². The molecule has 1 aliphatic rings.